The lowest BCUT2D eigenvalue weighted by molar-refractivity contribution is -0.118. The molecule has 0 radical (unpaired) electrons. The zero-order valence-corrected chi connectivity index (χ0v) is 11.0. The molecular formula is C12H21N5O. The molecule has 0 unspecified atom stereocenters. The van der Waals surface area contributed by atoms with E-state index in [1.54, 1.807) is 0 Å². The average Bonchev–Trinajstić information content (AvgIpc) is 2.33. The van der Waals surface area contributed by atoms with Gasteiger partial charge in [-0.15, -0.1) is 0 Å². The van der Waals surface area contributed by atoms with Gasteiger partial charge in [-0.3, -0.25) is 4.79 Å². The number of aromatic nitrogens is 2. The van der Waals surface area contributed by atoms with E-state index >= 15 is 0 Å². The second-order valence-corrected chi connectivity index (χ2v) is 4.20. The maximum absolute atomic E-state index is 10.6. The van der Waals surface area contributed by atoms with E-state index in [0.717, 1.165) is 43.0 Å². The van der Waals surface area contributed by atoms with Crippen LogP contribution in [0.5, 0.6) is 0 Å². The van der Waals surface area contributed by atoms with Gasteiger partial charge in [0.2, 0.25) is 5.91 Å². The van der Waals surface area contributed by atoms with Crippen molar-refractivity contribution < 1.29 is 4.79 Å². The van der Waals surface area contributed by atoms with Gasteiger partial charge in [0.05, 0.1) is 0 Å². The molecule has 0 aromatic carbocycles. The summed E-state index contributed by atoms with van der Waals surface area (Å²) in [5, 5.41) is 3.22. The van der Waals surface area contributed by atoms with Gasteiger partial charge in [0, 0.05) is 24.9 Å². The number of rotatable bonds is 7. The van der Waals surface area contributed by atoms with Gasteiger partial charge in [0.1, 0.15) is 17.5 Å². The van der Waals surface area contributed by atoms with Crippen LogP contribution >= 0.6 is 0 Å². The minimum Gasteiger partial charge on any atom is -0.383 e. The first-order valence-corrected chi connectivity index (χ1v) is 6.19. The minimum absolute atomic E-state index is 0.259. The molecule has 0 bridgehead atoms. The lowest BCUT2D eigenvalue weighted by Gasteiger charge is -2.11. The Labute approximate surface area is 107 Å². The van der Waals surface area contributed by atoms with Gasteiger partial charge in [-0.1, -0.05) is 6.92 Å². The molecule has 0 spiro atoms. The third-order valence-corrected chi connectivity index (χ3v) is 2.69. The van der Waals surface area contributed by atoms with Crippen molar-refractivity contribution in [3.63, 3.8) is 0 Å². The summed E-state index contributed by atoms with van der Waals surface area (Å²) >= 11 is 0. The minimum atomic E-state index is -0.259. The van der Waals surface area contributed by atoms with Gasteiger partial charge in [-0.25, -0.2) is 9.97 Å². The third kappa shape index (κ3) is 4.20. The molecule has 5 N–H and O–H groups in total. The number of aryl methyl sites for hydroxylation is 1. The zero-order valence-electron chi connectivity index (χ0n) is 11.0. The molecule has 1 amide bonds. The molecule has 1 heterocycles. The number of hydrogen-bond donors (Lipinski definition) is 3. The number of carbonyl (C=O) groups excluding carboxylic acids is 1. The quantitative estimate of drug-likeness (QED) is 0.627. The second kappa shape index (κ2) is 6.78. The van der Waals surface area contributed by atoms with Crippen LogP contribution in [0.4, 0.5) is 11.6 Å². The molecule has 0 saturated carbocycles. The highest BCUT2D eigenvalue weighted by Gasteiger charge is 2.07. The molecule has 0 aliphatic carbocycles. The van der Waals surface area contributed by atoms with Gasteiger partial charge in [0.25, 0.3) is 0 Å². The summed E-state index contributed by atoms with van der Waals surface area (Å²) < 4.78 is 0. The SMILES string of the molecule is CCc1nc(N)c(C)c(NCCCCC(N)=O)n1. The third-order valence-electron chi connectivity index (χ3n) is 2.69. The Balaban J connectivity index is 2.51. The van der Waals surface area contributed by atoms with Crippen molar-refractivity contribution in [2.75, 3.05) is 17.6 Å². The van der Waals surface area contributed by atoms with E-state index in [1.807, 2.05) is 13.8 Å². The Morgan fingerprint density at radius 2 is 2.06 bits per heavy atom. The zero-order chi connectivity index (χ0) is 13.5. The van der Waals surface area contributed by atoms with Crippen molar-refractivity contribution in [2.45, 2.75) is 39.5 Å². The molecule has 0 aliphatic rings. The van der Waals surface area contributed by atoms with Crippen LogP contribution in [0.2, 0.25) is 0 Å². The summed E-state index contributed by atoms with van der Waals surface area (Å²) in [6.45, 7) is 4.62. The van der Waals surface area contributed by atoms with Gasteiger partial charge in [-0.2, -0.15) is 0 Å². The number of nitrogens with one attached hydrogen (secondary N) is 1. The molecule has 1 aromatic heterocycles. The van der Waals surface area contributed by atoms with Crippen LogP contribution in [0.3, 0.4) is 0 Å². The van der Waals surface area contributed by atoms with Crippen molar-refractivity contribution in [2.24, 2.45) is 5.73 Å². The number of nitrogen functional groups attached to an aromatic ring is 1. The molecule has 0 saturated heterocycles. The van der Waals surface area contributed by atoms with Crippen molar-refractivity contribution in [1.82, 2.24) is 9.97 Å². The van der Waals surface area contributed by atoms with E-state index in [1.165, 1.54) is 0 Å². The fraction of sp³-hybridized carbons (Fsp3) is 0.583. The largest absolute Gasteiger partial charge is 0.383 e. The predicted octanol–water partition coefficient (Wildman–Crippen LogP) is 0.997. The molecule has 0 aliphatic heterocycles. The first kappa shape index (κ1) is 14.2. The molecule has 6 nitrogen and oxygen atoms in total. The number of hydrogen-bond acceptors (Lipinski definition) is 5. The van der Waals surface area contributed by atoms with Gasteiger partial charge in [-0.05, 0) is 19.8 Å². The Bertz CT molecular complexity index is 419. The Morgan fingerprint density at radius 3 is 2.67 bits per heavy atom. The van der Waals surface area contributed by atoms with Crippen molar-refractivity contribution in [3.8, 4) is 0 Å². The van der Waals surface area contributed by atoms with Crippen molar-refractivity contribution in [1.29, 1.82) is 0 Å². The first-order chi connectivity index (χ1) is 8.54. The number of nitrogens with two attached hydrogens (primary N) is 2. The fourth-order valence-electron chi connectivity index (χ4n) is 1.54. The molecule has 18 heavy (non-hydrogen) atoms. The lowest BCUT2D eigenvalue weighted by Crippen LogP contribution is -2.12. The fourth-order valence-corrected chi connectivity index (χ4v) is 1.54. The van der Waals surface area contributed by atoms with Gasteiger partial charge >= 0.3 is 0 Å². The molecule has 6 heteroatoms. The molecular weight excluding hydrogens is 230 g/mol. The number of carbonyl (C=O) groups is 1. The Hall–Kier alpha value is -1.85. The monoisotopic (exact) mass is 251 g/mol. The van der Waals surface area contributed by atoms with Crippen molar-refractivity contribution in [3.05, 3.63) is 11.4 Å². The van der Waals surface area contributed by atoms with E-state index in [0.29, 0.717) is 12.2 Å². The molecule has 100 valence electrons. The summed E-state index contributed by atoms with van der Waals surface area (Å²) in [6, 6.07) is 0. The highest BCUT2D eigenvalue weighted by atomic mass is 16.1. The predicted molar refractivity (Wildman–Crippen MR) is 72.1 cm³/mol. The average molecular weight is 251 g/mol. The smallest absolute Gasteiger partial charge is 0.217 e. The van der Waals surface area contributed by atoms with E-state index in [4.69, 9.17) is 11.5 Å². The first-order valence-electron chi connectivity index (χ1n) is 6.19. The standard InChI is InChI=1S/C12H21N5O/c1-3-10-16-11(14)8(2)12(17-10)15-7-5-4-6-9(13)18/h3-7H2,1-2H3,(H2,13,18)(H3,14,15,16,17). The van der Waals surface area contributed by atoms with E-state index < -0.39 is 0 Å². The van der Waals surface area contributed by atoms with Crippen LogP contribution in [0.25, 0.3) is 0 Å². The van der Waals surface area contributed by atoms with Gasteiger partial charge < -0.3 is 16.8 Å². The molecule has 0 fully saturated rings. The molecule has 1 aromatic rings. The molecule has 1 rings (SSSR count). The maximum Gasteiger partial charge on any atom is 0.217 e. The summed E-state index contributed by atoms with van der Waals surface area (Å²) in [7, 11) is 0. The van der Waals surface area contributed by atoms with Crippen molar-refractivity contribution >= 4 is 17.5 Å². The van der Waals surface area contributed by atoms with Crippen LogP contribution in [0.1, 0.15) is 37.6 Å². The Morgan fingerprint density at radius 1 is 1.33 bits per heavy atom. The van der Waals surface area contributed by atoms with Crippen LogP contribution < -0.4 is 16.8 Å². The summed E-state index contributed by atoms with van der Waals surface area (Å²) in [4.78, 5) is 19.2. The number of anilines is 2. The second-order valence-electron chi connectivity index (χ2n) is 4.20. The summed E-state index contributed by atoms with van der Waals surface area (Å²) in [5.74, 6) is 1.77. The highest BCUT2D eigenvalue weighted by molar-refractivity contribution is 5.73. The maximum atomic E-state index is 10.6. The molecule has 0 atom stereocenters. The van der Waals surface area contributed by atoms with E-state index in [9.17, 15) is 4.79 Å². The topological polar surface area (TPSA) is 107 Å². The highest BCUT2D eigenvalue weighted by Crippen LogP contribution is 2.17. The van der Waals surface area contributed by atoms with Crippen LogP contribution in [0, 0.1) is 6.92 Å². The van der Waals surface area contributed by atoms with Crippen LogP contribution in [-0.4, -0.2) is 22.4 Å². The normalized spacial score (nSPS) is 10.3. The van der Waals surface area contributed by atoms with Crippen LogP contribution in [0.15, 0.2) is 0 Å². The lowest BCUT2D eigenvalue weighted by atomic mass is 10.2. The Kier molecular flexibility index (Phi) is 5.35. The number of unbranched alkanes of at least 4 members (excludes halogenated alkanes) is 1. The number of primary amides is 1. The number of nitrogens with zero attached hydrogens (tertiary/aromatic N) is 2. The summed E-state index contributed by atoms with van der Waals surface area (Å²) in [6.07, 6.45) is 2.82. The summed E-state index contributed by atoms with van der Waals surface area (Å²) in [5.41, 5.74) is 11.7. The number of amides is 1. The van der Waals surface area contributed by atoms with E-state index in [-0.39, 0.29) is 5.91 Å². The van der Waals surface area contributed by atoms with Gasteiger partial charge in [0.15, 0.2) is 0 Å². The van der Waals surface area contributed by atoms with E-state index in [2.05, 4.69) is 15.3 Å². The van der Waals surface area contributed by atoms with Crippen LogP contribution in [-0.2, 0) is 11.2 Å².